The van der Waals surface area contributed by atoms with Crippen molar-refractivity contribution in [1.29, 1.82) is 0 Å². The van der Waals surface area contributed by atoms with E-state index < -0.39 is 23.4 Å². The highest BCUT2D eigenvalue weighted by Gasteiger charge is 2.20. The number of rotatable bonds is 9. The van der Waals surface area contributed by atoms with E-state index in [4.69, 9.17) is 9.47 Å². The van der Waals surface area contributed by atoms with Crippen LogP contribution in [0.25, 0.3) is 0 Å². The van der Waals surface area contributed by atoms with Gasteiger partial charge in [0.25, 0.3) is 5.91 Å². The molecule has 1 N–H and O–H groups in total. The first-order chi connectivity index (χ1) is 11.4. The molecule has 0 aliphatic carbocycles. The number of esters is 1. The molecule has 0 unspecified atom stereocenters. The summed E-state index contributed by atoms with van der Waals surface area (Å²) in [4.78, 5) is 34.1. The van der Waals surface area contributed by atoms with Crippen LogP contribution in [0.2, 0.25) is 0 Å². The number of ether oxygens (including phenoxy) is 2. The number of carbonyl (C=O) groups is 2. The topological polar surface area (TPSA) is 108 Å². The van der Waals surface area contributed by atoms with Crippen LogP contribution in [-0.2, 0) is 9.53 Å². The lowest BCUT2D eigenvalue weighted by molar-refractivity contribution is -0.385. The fourth-order valence-corrected chi connectivity index (χ4v) is 2.04. The highest BCUT2D eigenvalue weighted by atomic mass is 16.6. The molecule has 8 nitrogen and oxygen atoms in total. The maximum Gasteiger partial charge on any atom is 0.338 e. The normalized spacial score (nSPS) is 10.3. The molecule has 0 aliphatic heterocycles. The molecule has 0 aromatic heterocycles. The Kier molecular flexibility index (Phi) is 7.67. The molecule has 132 valence electrons. The van der Waals surface area contributed by atoms with E-state index in [1.54, 1.807) is 6.92 Å². The molecule has 24 heavy (non-hydrogen) atoms. The second kappa shape index (κ2) is 9.49. The largest absolute Gasteiger partial charge is 0.487 e. The number of nitro benzene ring substituents is 1. The SMILES string of the molecule is CCOc1ccc(C(=O)OCC(=O)NC(CC)CC)cc1[N+](=O)[O-]. The number of nitrogens with one attached hydrogen (secondary N) is 1. The van der Waals surface area contributed by atoms with Gasteiger partial charge in [-0.05, 0) is 31.9 Å². The first-order valence-electron chi connectivity index (χ1n) is 7.80. The maximum atomic E-state index is 12.0. The summed E-state index contributed by atoms with van der Waals surface area (Å²) < 4.78 is 10.0. The Morgan fingerprint density at radius 3 is 2.46 bits per heavy atom. The van der Waals surface area contributed by atoms with Gasteiger partial charge in [-0.15, -0.1) is 0 Å². The van der Waals surface area contributed by atoms with Crippen molar-refractivity contribution in [3.8, 4) is 5.75 Å². The monoisotopic (exact) mass is 338 g/mol. The molecule has 0 fully saturated rings. The number of benzene rings is 1. The van der Waals surface area contributed by atoms with E-state index in [0.717, 1.165) is 18.9 Å². The standard InChI is InChI=1S/C16H22N2O6/c1-4-12(5-2)17-15(19)10-24-16(20)11-7-8-14(23-6-3)13(9-11)18(21)22/h7-9,12H,4-6,10H2,1-3H3,(H,17,19). The number of amides is 1. The van der Waals surface area contributed by atoms with Gasteiger partial charge in [-0.3, -0.25) is 14.9 Å². The van der Waals surface area contributed by atoms with Crippen molar-refractivity contribution >= 4 is 17.6 Å². The van der Waals surface area contributed by atoms with E-state index in [0.29, 0.717) is 0 Å². The Bertz CT molecular complexity index is 598. The third-order valence-electron chi connectivity index (χ3n) is 3.38. The summed E-state index contributed by atoms with van der Waals surface area (Å²) in [7, 11) is 0. The number of nitrogens with zero attached hydrogens (tertiary/aromatic N) is 1. The molecule has 1 aromatic rings. The minimum absolute atomic E-state index is 0.0134. The predicted molar refractivity (Wildman–Crippen MR) is 87.1 cm³/mol. The van der Waals surface area contributed by atoms with Crippen LogP contribution in [0.3, 0.4) is 0 Å². The number of carbonyl (C=O) groups excluding carboxylic acids is 2. The molecule has 0 bridgehead atoms. The highest BCUT2D eigenvalue weighted by Crippen LogP contribution is 2.28. The van der Waals surface area contributed by atoms with Gasteiger partial charge in [0.2, 0.25) is 0 Å². The molecule has 0 aliphatic rings. The van der Waals surface area contributed by atoms with Crippen LogP contribution in [0.15, 0.2) is 18.2 Å². The van der Waals surface area contributed by atoms with Crippen molar-refractivity contribution in [3.63, 3.8) is 0 Å². The van der Waals surface area contributed by atoms with Gasteiger partial charge in [0, 0.05) is 12.1 Å². The number of hydrogen-bond acceptors (Lipinski definition) is 6. The molecule has 1 rings (SSSR count). The minimum atomic E-state index is -0.805. The fourth-order valence-electron chi connectivity index (χ4n) is 2.04. The smallest absolute Gasteiger partial charge is 0.338 e. The van der Waals surface area contributed by atoms with Crippen LogP contribution in [0.5, 0.6) is 5.75 Å². The second-order valence-electron chi connectivity index (χ2n) is 5.03. The van der Waals surface area contributed by atoms with Crippen molar-refractivity contribution in [2.24, 2.45) is 0 Å². The molecule has 0 heterocycles. The van der Waals surface area contributed by atoms with E-state index in [1.807, 2.05) is 13.8 Å². The summed E-state index contributed by atoms with van der Waals surface area (Å²) >= 11 is 0. The zero-order valence-corrected chi connectivity index (χ0v) is 14.0. The van der Waals surface area contributed by atoms with Crippen LogP contribution >= 0.6 is 0 Å². The van der Waals surface area contributed by atoms with Crippen LogP contribution in [0.4, 0.5) is 5.69 Å². The van der Waals surface area contributed by atoms with Crippen LogP contribution in [-0.4, -0.2) is 36.1 Å². The summed E-state index contributed by atoms with van der Waals surface area (Å²) in [5.41, 5.74) is -0.340. The molecule has 1 aromatic carbocycles. The molecule has 0 radical (unpaired) electrons. The van der Waals surface area contributed by atoms with E-state index in [9.17, 15) is 19.7 Å². The predicted octanol–water partition coefficient (Wildman–Crippen LogP) is 2.46. The first kappa shape index (κ1) is 19.4. The maximum absolute atomic E-state index is 12.0. The Labute approximate surface area is 140 Å². The lowest BCUT2D eigenvalue weighted by Gasteiger charge is -2.14. The van der Waals surface area contributed by atoms with Crippen LogP contribution in [0.1, 0.15) is 44.0 Å². The molecule has 0 saturated heterocycles. The fraction of sp³-hybridized carbons (Fsp3) is 0.500. The van der Waals surface area contributed by atoms with Crippen LogP contribution in [0, 0.1) is 10.1 Å². The van der Waals surface area contributed by atoms with Gasteiger partial charge in [-0.1, -0.05) is 13.8 Å². The Hall–Kier alpha value is -2.64. The number of nitro groups is 1. The first-order valence-corrected chi connectivity index (χ1v) is 7.80. The number of hydrogen-bond donors (Lipinski definition) is 1. The van der Waals surface area contributed by atoms with E-state index in [-0.39, 0.29) is 29.6 Å². The lowest BCUT2D eigenvalue weighted by atomic mass is 10.2. The zero-order chi connectivity index (χ0) is 18.1. The molecular formula is C16H22N2O6. The van der Waals surface area contributed by atoms with Gasteiger partial charge in [-0.25, -0.2) is 4.79 Å². The van der Waals surface area contributed by atoms with Crippen molar-refractivity contribution < 1.29 is 24.0 Å². The molecule has 1 amide bonds. The molecule has 0 atom stereocenters. The average Bonchev–Trinajstić information content (AvgIpc) is 2.57. The van der Waals surface area contributed by atoms with Crippen molar-refractivity contribution in [2.45, 2.75) is 39.7 Å². The second-order valence-corrected chi connectivity index (χ2v) is 5.03. The summed E-state index contributed by atoms with van der Waals surface area (Å²) in [5.74, 6) is -1.14. The van der Waals surface area contributed by atoms with Crippen molar-refractivity contribution in [3.05, 3.63) is 33.9 Å². The van der Waals surface area contributed by atoms with E-state index in [2.05, 4.69) is 5.32 Å². The molecular weight excluding hydrogens is 316 g/mol. The van der Waals surface area contributed by atoms with E-state index in [1.165, 1.54) is 12.1 Å². The summed E-state index contributed by atoms with van der Waals surface area (Å²) in [6.45, 7) is 5.42. The lowest BCUT2D eigenvalue weighted by Crippen LogP contribution is -2.36. The summed E-state index contributed by atoms with van der Waals surface area (Å²) in [6.07, 6.45) is 1.56. The Morgan fingerprint density at radius 1 is 1.25 bits per heavy atom. The van der Waals surface area contributed by atoms with Gasteiger partial charge < -0.3 is 14.8 Å². The Balaban J connectivity index is 2.73. The minimum Gasteiger partial charge on any atom is -0.487 e. The third-order valence-corrected chi connectivity index (χ3v) is 3.38. The van der Waals surface area contributed by atoms with Gasteiger partial charge in [-0.2, -0.15) is 0 Å². The third kappa shape index (κ3) is 5.53. The van der Waals surface area contributed by atoms with Crippen LogP contribution < -0.4 is 10.1 Å². The molecule has 0 spiro atoms. The summed E-state index contributed by atoms with van der Waals surface area (Å²) in [6, 6.07) is 3.80. The Morgan fingerprint density at radius 2 is 1.92 bits per heavy atom. The quantitative estimate of drug-likeness (QED) is 0.421. The van der Waals surface area contributed by atoms with Crippen molar-refractivity contribution in [2.75, 3.05) is 13.2 Å². The highest BCUT2D eigenvalue weighted by molar-refractivity contribution is 5.92. The summed E-state index contributed by atoms with van der Waals surface area (Å²) in [5, 5.41) is 13.8. The average molecular weight is 338 g/mol. The van der Waals surface area contributed by atoms with Gasteiger partial charge in [0.1, 0.15) is 0 Å². The van der Waals surface area contributed by atoms with Gasteiger partial charge in [0.05, 0.1) is 17.1 Å². The molecule has 0 saturated carbocycles. The van der Waals surface area contributed by atoms with E-state index >= 15 is 0 Å². The van der Waals surface area contributed by atoms with Gasteiger partial charge >= 0.3 is 11.7 Å². The van der Waals surface area contributed by atoms with Gasteiger partial charge in [0.15, 0.2) is 12.4 Å². The zero-order valence-electron chi connectivity index (χ0n) is 14.0. The van der Waals surface area contributed by atoms with Crippen molar-refractivity contribution in [1.82, 2.24) is 5.32 Å². The molecule has 8 heteroatoms.